The number of halogens is 1. The largest absolute Gasteiger partial charge is 0.370 e. The van der Waals surface area contributed by atoms with Crippen LogP contribution in [-0.4, -0.2) is 30.5 Å². The van der Waals surface area contributed by atoms with E-state index in [-0.39, 0.29) is 47.9 Å². The summed E-state index contributed by atoms with van der Waals surface area (Å²) in [6.45, 7) is 11.9. The fraction of sp³-hybridized carbons (Fsp3) is 0.636. The first kappa shape index (κ1) is 18.6. The first-order valence-electron chi connectivity index (χ1n) is 5.20. The van der Waals surface area contributed by atoms with Crippen LogP contribution in [0.4, 0.5) is 0 Å². The molecule has 0 aliphatic heterocycles. The monoisotopic (exact) mass is 354 g/mol. The highest BCUT2D eigenvalue weighted by molar-refractivity contribution is 14.0. The van der Waals surface area contributed by atoms with Gasteiger partial charge in [-0.2, -0.15) is 0 Å². The van der Waals surface area contributed by atoms with Crippen molar-refractivity contribution in [2.75, 3.05) is 13.1 Å². The van der Waals surface area contributed by atoms with Gasteiger partial charge in [-0.15, -0.1) is 24.0 Å². The van der Waals surface area contributed by atoms with Gasteiger partial charge in [-0.3, -0.25) is 4.79 Å². The zero-order valence-corrected chi connectivity index (χ0v) is 13.3. The number of guanidine groups is 1. The lowest BCUT2D eigenvalue weighted by molar-refractivity contribution is -0.121. The van der Waals surface area contributed by atoms with Crippen LogP contribution in [0, 0.1) is 0 Å². The molecule has 0 fully saturated rings. The van der Waals surface area contributed by atoms with Crippen LogP contribution >= 0.6 is 24.0 Å². The summed E-state index contributed by atoms with van der Waals surface area (Å²) in [5.41, 5.74) is 6.26. The van der Waals surface area contributed by atoms with Crippen molar-refractivity contribution in [1.29, 1.82) is 0 Å². The predicted octanol–water partition coefficient (Wildman–Crippen LogP) is 0.999. The average Bonchev–Trinajstić information content (AvgIpc) is 2.08. The summed E-state index contributed by atoms with van der Waals surface area (Å²) < 4.78 is 0. The van der Waals surface area contributed by atoms with E-state index in [9.17, 15) is 4.79 Å². The Kier molecular flexibility index (Phi) is 9.09. The van der Waals surface area contributed by atoms with Gasteiger partial charge in [0.2, 0.25) is 5.91 Å². The smallest absolute Gasteiger partial charge is 0.242 e. The Morgan fingerprint density at radius 2 is 1.94 bits per heavy atom. The minimum atomic E-state index is -0.244. The molecule has 100 valence electrons. The SMILES string of the molecule is C=C(C)CNC(N)=NCC(=O)NC(C)(C)C.I. The summed E-state index contributed by atoms with van der Waals surface area (Å²) >= 11 is 0. The lowest BCUT2D eigenvalue weighted by atomic mass is 10.1. The lowest BCUT2D eigenvalue weighted by Crippen LogP contribution is -2.42. The van der Waals surface area contributed by atoms with Crippen LogP contribution in [0.25, 0.3) is 0 Å². The molecule has 0 rings (SSSR count). The van der Waals surface area contributed by atoms with Crippen molar-refractivity contribution in [3.8, 4) is 0 Å². The van der Waals surface area contributed by atoms with Crippen molar-refractivity contribution in [1.82, 2.24) is 10.6 Å². The topological polar surface area (TPSA) is 79.5 Å². The summed E-state index contributed by atoms with van der Waals surface area (Å²) in [5, 5.41) is 5.64. The summed E-state index contributed by atoms with van der Waals surface area (Å²) in [4.78, 5) is 15.3. The molecule has 0 aliphatic rings. The molecule has 0 saturated carbocycles. The first-order valence-corrected chi connectivity index (χ1v) is 5.20. The molecule has 0 aliphatic carbocycles. The van der Waals surface area contributed by atoms with Crippen molar-refractivity contribution in [3.05, 3.63) is 12.2 Å². The standard InChI is InChI=1S/C11H22N4O.HI/c1-8(2)6-13-10(12)14-7-9(16)15-11(3,4)5;/h1,6-7H2,2-5H3,(H,15,16)(H3,12,13,14);1H. The highest BCUT2D eigenvalue weighted by atomic mass is 127. The summed E-state index contributed by atoms with van der Waals surface area (Å²) in [6.07, 6.45) is 0. The van der Waals surface area contributed by atoms with E-state index < -0.39 is 0 Å². The third-order valence-corrected chi connectivity index (χ3v) is 1.48. The number of rotatable bonds is 4. The minimum absolute atomic E-state index is 0. The fourth-order valence-corrected chi connectivity index (χ4v) is 0.912. The second kappa shape index (κ2) is 8.32. The third-order valence-electron chi connectivity index (χ3n) is 1.48. The molecule has 1 amide bonds. The van der Waals surface area contributed by atoms with E-state index in [0.717, 1.165) is 5.57 Å². The van der Waals surface area contributed by atoms with Crippen LogP contribution in [0.3, 0.4) is 0 Å². The van der Waals surface area contributed by atoms with Crippen molar-refractivity contribution < 1.29 is 4.79 Å². The van der Waals surface area contributed by atoms with Gasteiger partial charge < -0.3 is 16.4 Å². The van der Waals surface area contributed by atoms with Gasteiger partial charge in [0, 0.05) is 12.1 Å². The summed E-state index contributed by atoms with van der Waals surface area (Å²) in [6, 6.07) is 0. The predicted molar refractivity (Wildman–Crippen MR) is 82.6 cm³/mol. The number of aliphatic imine (C=N–C) groups is 1. The number of nitrogens with one attached hydrogen (secondary N) is 2. The van der Waals surface area contributed by atoms with Gasteiger partial charge in [0.15, 0.2) is 5.96 Å². The van der Waals surface area contributed by atoms with Crippen molar-refractivity contribution in [2.45, 2.75) is 33.2 Å². The van der Waals surface area contributed by atoms with E-state index in [1.165, 1.54) is 0 Å². The molecule has 0 aromatic carbocycles. The highest BCUT2D eigenvalue weighted by Gasteiger charge is 2.12. The molecule has 0 heterocycles. The Bertz CT molecular complexity index is 294. The van der Waals surface area contributed by atoms with Gasteiger partial charge in [0.25, 0.3) is 0 Å². The van der Waals surface area contributed by atoms with Gasteiger partial charge >= 0.3 is 0 Å². The van der Waals surface area contributed by atoms with Gasteiger partial charge in [-0.05, 0) is 27.7 Å². The second-order valence-electron chi connectivity index (χ2n) is 4.81. The molecule has 0 spiro atoms. The maximum atomic E-state index is 11.4. The normalized spacial score (nSPS) is 11.4. The number of carbonyl (C=O) groups excluding carboxylic acids is 1. The van der Waals surface area contributed by atoms with Crippen molar-refractivity contribution in [2.24, 2.45) is 10.7 Å². The van der Waals surface area contributed by atoms with Crippen LogP contribution in [-0.2, 0) is 4.79 Å². The number of hydrogen-bond acceptors (Lipinski definition) is 2. The van der Waals surface area contributed by atoms with Gasteiger partial charge in [0.1, 0.15) is 6.54 Å². The second-order valence-corrected chi connectivity index (χ2v) is 4.81. The molecule has 0 bridgehead atoms. The van der Waals surface area contributed by atoms with Crippen molar-refractivity contribution in [3.63, 3.8) is 0 Å². The number of nitrogens with zero attached hydrogens (tertiary/aromatic N) is 1. The van der Waals surface area contributed by atoms with E-state index in [4.69, 9.17) is 5.73 Å². The van der Waals surface area contributed by atoms with Crippen LogP contribution in [0.15, 0.2) is 17.1 Å². The van der Waals surface area contributed by atoms with E-state index in [0.29, 0.717) is 6.54 Å². The van der Waals surface area contributed by atoms with E-state index in [1.54, 1.807) is 0 Å². The molecule has 0 unspecified atom stereocenters. The molecular weight excluding hydrogens is 331 g/mol. The molecule has 0 atom stereocenters. The van der Waals surface area contributed by atoms with Gasteiger partial charge in [0.05, 0.1) is 0 Å². The number of hydrogen-bond donors (Lipinski definition) is 3. The van der Waals surface area contributed by atoms with Crippen molar-refractivity contribution >= 4 is 35.8 Å². The Hall–Kier alpha value is -0.790. The number of nitrogens with two attached hydrogens (primary N) is 1. The number of amides is 1. The Balaban J connectivity index is 0. The molecule has 4 N–H and O–H groups in total. The van der Waals surface area contributed by atoms with E-state index >= 15 is 0 Å². The molecular formula is C11H23IN4O. The van der Waals surface area contributed by atoms with Crippen LogP contribution in [0.2, 0.25) is 0 Å². The Morgan fingerprint density at radius 1 is 1.41 bits per heavy atom. The van der Waals surface area contributed by atoms with Crippen LogP contribution < -0.4 is 16.4 Å². The summed E-state index contributed by atoms with van der Waals surface area (Å²) in [7, 11) is 0. The zero-order valence-electron chi connectivity index (χ0n) is 11.0. The van der Waals surface area contributed by atoms with E-state index in [2.05, 4.69) is 22.2 Å². The molecule has 0 saturated heterocycles. The molecule has 5 nitrogen and oxygen atoms in total. The number of carbonyl (C=O) groups is 1. The first-order chi connectivity index (χ1) is 7.20. The molecule has 0 aromatic heterocycles. The van der Waals surface area contributed by atoms with Gasteiger partial charge in [-0.1, -0.05) is 12.2 Å². The minimum Gasteiger partial charge on any atom is -0.370 e. The maximum Gasteiger partial charge on any atom is 0.242 e. The average molecular weight is 354 g/mol. The zero-order chi connectivity index (χ0) is 12.8. The highest BCUT2D eigenvalue weighted by Crippen LogP contribution is 1.97. The molecule has 0 radical (unpaired) electrons. The van der Waals surface area contributed by atoms with Crippen LogP contribution in [0.1, 0.15) is 27.7 Å². The quantitative estimate of drug-likeness (QED) is 0.305. The van der Waals surface area contributed by atoms with Crippen LogP contribution in [0.5, 0.6) is 0 Å². The third kappa shape index (κ3) is 13.1. The maximum absolute atomic E-state index is 11.4. The molecule has 0 aromatic rings. The molecule has 6 heteroatoms. The Labute approximate surface area is 120 Å². The molecule has 17 heavy (non-hydrogen) atoms. The lowest BCUT2D eigenvalue weighted by Gasteiger charge is -2.19. The summed E-state index contributed by atoms with van der Waals surface area (Å²) in [5.74, 6) is 0.111. The van der Waals surface area contributed by atoms with E-state index in [1.807, 2.05) is 27.7 Å². The van der Waals surface area contributed by atoms with Gasteiger partial charge in [-0.25, -0.2) is 4.99 Å². The fourth-order valence-electron chi connectivity index (χ4n) is 0.912. The Morgan fingerprint density at radius 3 is 2.35 bits per heavy atom.